The lowest BCUT2D eigenvalue weighted by Gasteiger charge is -2.09. The first-order valence-corrected chi connectivity index (χ1v) is 8.41. The molecule has 140 valence electrons. The number of hydrogen-bond acceptors (Lipinski definition) is 2. The van der Waals surface area contributed by atoms with Gasteiger partial charge >= 0.3 is 0 Å². The fourth-order valence-electron chi connectivity index (χ4n) is 2.12. The Hall–Kier alpha value is -2.80. The quantitative estimate of drug-likeness (QED) is 0.682. The molecular weight excluding hydrogens is 340 g/mol. The summed E-state index contributed by atoms with van der Waals surface area (Å²) in [5.41, 5.74) is 3.94. The average Bonchev–Trinajstić information content (AvgIpc) is 2.67. The lowest BCUT2D eigenvalue weighted by molar-refractivity contribution is -0.355. The average molecular weight is 364 g/mol. The molecule has 0 atom stereocenters. The first kappa shape index (κ1) is 21.2. The Morgan fingerprint density at radius 2 is 1.62 bits per heavy atom. The van der Waals surface area contributed by atoms with Crippen LogP contribution in [0.15, 0.2) is 42.5 Å². The molecule has 5 N–H and O–H groups in total. The van der Waals surface area contributed by atoms with E-state index in [0.29, 0.717) is 5.56 Å². The van der Waals surface area contributed by atoms with Crippen molar-refractivity contribution in [2.75, 3.05) is 19.6 Å². The van der Waals surface area contributed by atoms with Crippen LogP contribution < -0.4 is 16.4 Å². The molecule has 7 heteroatoms. The van der Waals surface area contributed by atoms with Crippen molar-refractivity contribution >= 4 is 11.8 Å². The van der Waals surface area contributed by atoms with Gasteiger partial charge < -0.3 is 16.4 Å². The second-order valence-corrected chi connectivity index (χ2v) is 5.03. The largest absolute Gasteiger partial charge is 0.350 e. The van der Waals surface area contributed by atoms with E-state index in [1.54, 1.807) is 18.2 Å². The summed E-state index contributed by atoms with van der Waals surface area (Å²) in [4.78, 5) is 23.1. The van der Waals surface area contributed by atoms with E-state index in [0.717, 1.165) is 6.07 Å². The lowest BCUT2D eigenvalue weighted by atomic mass is 10.0. The molecule has 0 aliphatic carbocycles. The van der Waals surface area contributed by atoms with Crippen molar-refractivity contribution in [1.82, 2.24) is 10.6 Å². The lowest BCUT2D eigenvalue weighted by Crippen LogP contribution is -2.57. The van der Waals surface area contributed by atoms with E-state index in [1.165, 1.54) is 18.2 Å². The number of carbonyl (C=O) groups excluding carboxylic acids is 2. The van der Waals surface area contributed by atoms with Crippen LogP contribution in [0.1, 0.15) is 24.2 Å². The molecule has 2 aromatic carbocycles. The maximum atomic E-state index is 13.9. The summed E-state index contributed by atoms with van der Waals surface area (Å²) >= 11 is 0. The topological polar surface area (TPSA) is 85.8 Å². The van der Waals surface area contributed by atoms with Crippen molar-refractivity contribution in [3.8, 4) is 11.1 Å². The van der Waals surface area contributed by atoms with Crippen molar-refractivity contribution in [2.45, 2.75) is 13.8 Å². The highest BCUT2D eigenvalue weighted by Gasteiger charge is 2.14. The predicted molar refractivity (Wildman–Crippen MR) is 96.2 cm³/mol. The SMILES string of the molecule is CC.[NH3+]CC(=O)NCCNC(=O)c1cc(-c2ccccc2F)ccc1F. The van der Waals surface area contributed by atoms with Gasteiger partial charge in [-0.15, -0.1) is 0 Å². The van der Waals surface area contributed by atoms with E-state index in [2.05, 4.69) is 16.4 Å². The van der Waals surface area contributed by atoms with Gasteiger partial charge in [0.25, 0.3) is 11.8 Å². The molecule has 2 amide bonds. The van der Waals surface area contributed by atoms with Crippen LogP contribution in [0.4, 0.5) is 8.78 Å². The zero-order valence-corrected chi connectivity index (χ0v) is 14.9. The maximum Gasteiger partial charge on any atom is 0.275 e. The van der Waals surface area contributed by atoms with Crippen LogP contribution in [0.2, 0.25) is 0 Å². The minimum absolute atomic E-state index is 0.104. The van der Waals surface area contributed by atoms with Crippen molar-refractivity contribution in [3.63, 3.8) is 0 Å². The number of hydrogen-bond donors (Lipinski definition) is 3. The number of carbonyl (C=O) groups is 2. The number of nitrogens with one attached hydrogen (secondary N) is 2. The Bertz CT molecular complexity index is 751. The van der Waals surface area contributed by atoms with Crippen LogP contribution >= 0.6 is 0 Å². The summed E-state index contributed by atoms with van der Waals surface area (Å²) < 4.78 is 27.7. The molecule has 26 heavy (non-hydrogen) atoms. The highest BCUT2D eigenvalue weighted by Crippen LogP contribution is 2.24. The minimum atomic E-state index is -0.700. The van der Waals surface area contributed by atoms with Gasteiger partial charge in [-0.1, -0.05) is 38.1 Å². The van der Waals surface area contributed by atoms with E-state index in [-0.39, 0.29) is 36.7 Å². The van der Waals surface area contributed by atoms with Crippen LogP contribution in [-0.4, -0.2) is 31.4 Å². The summed E-state index contributed by atoms with van der Waals surface area (Å²) in [6, 6.07) is 9.91. The zero-order chi connectivity index (χ0) is 19.5. The Kier molecular flexibility index (Phi) is 8.94. The van der Waals surface area contributed by atoms with Gasteiger partial charge in [0.15, 0.2) is 6.54 Å². The third-order valence-corrected chi connectivity index (χ3v) is 3.36. The van der Waals surface area contributed by atoms with Crippen molar-refractivity contribution in [3.05, 3.63) is 59.7 Å². The van der Waals surface area contributed by atoms with Crippen LogP contribution in [0.5, 0.6) is 0 Å². The number of benzene rings is 2. The van der Waals surface area contributed by atoms with Crippen LogP contribution in [0, 0.1) is 11.6 Å². The Labute approximate surface area is 151 Å². The van der Waals surface area contributed by atoms with Gasteiger partial charge in [-0.3, -0.25) is 9.59 Å². The van der Waals surface area contributed by atoms with Gasteiger partial charge in [-0.05, 0) is 23.8 Å². The van der Waals surface area contributed by atoms with E-state index in [1.807, 2.05) is 13.8 Å². The molecule has 0 saturated heterocycles. The standard InChI is InChI=1S/C17H17F2N3O2.C2H6/c18-14-4-2-1-3-12(14)11-5-6-15(19)13(9-11)17(24)22-8-7-21-16(23)10-20;1-2/h1-6,9H,7-8,10,20H2,(H,21,23)(H,22,24);1-2H3/p+1. The molecule has 0 aromatic heterocycles. The predicted octanol–water partition coefficient (Wildman–Crippen LogP) is 1.75. The number of quaternary nitrogens is 1. The van der Waals surface area contributed by atoms with Gasteiger partial charge in [0.1, 0.15) is 11.6 Å². The van der Waals surface area contributed by atoms with Crippen LogP contribution in [-0.2, 0) is 4.79 Å². The second kappa shape index (κ2) is 10.9. The summed E-state index contributed by atoms with van der Waals surface area (Å²) in [7, 11) is 0. The van der Waals surface area contributed by atoms with E-state index in [4.69, 9.17) is 0 Å². The summed E-state index contributed by atoms with van der Waals surface area (Å²) in [6.07, 6.45) is 0. The van der Waals surface area contributed by atoms with E-state index < -0.39 is 17.5 Å². The van der Waals surface area contributed by atoms with E-state index >= 15 is 0 Å². The fourth-order valence-corrected chi connectivity index (χ4v) is 2.12. The highest BCUT2D eigenvalue weighted by molar-refractivity contribution is 5.95. The third-order valence-electron chi connectivity index (χ3n) is 3.36. The normalized spacial score (nSPS) is 9.73. The first-order chi connectivity index (χ1) is 12.5. The van der Waals surface area contributed by atoms with Crippen molar-refractivity contribution in [2.24, 2.45) is 0 Å². The third kappa shape index (κ3) is 5.93. The molecule has 2 aromatic rings. The minimum Gasteiger partial charge on any atom is -0.350 e. The van der Waals surface area contributed by atoms with Crippen LogP contribution in [0.3, 0.4) is 0 Å². The molecule has 0 aliphatic rings. The van der Waals surface area contributed by atoms with E-state index in [9.17, 15) is 18.4 Å². The molecule has 0 heterocycles. The Morgan fingerprint density at radius 1 is 0.962 bits per heavy atom. The van der Waals surface area contributed by atoms with Gasteiger partial charge in [-0.2, -0.15) is 0 Å². The van der Waals surface area contributed by atoms with Gasteiger partial charge in [0.2, 0.25) is 0 Å². The monoisotopic (exact) mass is 364 g/mol. The zero-order valence-electron chi connectivity index (χ0n) is 14.9. The molecule has 0 unspecified atom stereocenters. The number of amides is 2. The Balaban J connectivity index is 0.00000163. The molecule has 0 radical (unpaired) electrons. The molecule has 2 rings (SSSR count). The molecule has 0 fully saturated rings. The smallest absolute Gasteiger partial charge is 0.275 e. The summed E-state index contributed by atoms with van der Waals surface area (Å²) in [5, 5.41) is 5.04. The summed E-state index contributed by atoms with van der Waals surface area (Å²) in [6.45, 7) is 4.47. The number of halogens is 2. The summed E-state index contributed by atoms with van der Waals surface area (Å²) in [5.74, 6) is -2.02. The van der Waals surface area contributed by atoms with Gasteiger partial charge in [0.05, 0.1) is 5.56 Å². The van der Waals surface area contributed by atoms with Gasteiger partial charge in [-0.25, -0.2) is 8.78 Å². The van der Waals surface area contributed by atoms with Crippen molar-refractivity contribution < 1.29 is 24.1 Å². The fraction of sp³-hybridized carbons (Fsp3) is 0.263. The number of rotatable bonds is 6. The molecule has 0 aliphatic heterocycles. The van der Waals surface area contributed by atoms with Gasteiger partial charge in [0, 0.05) is 18.7 Å². The molecule has 0 spiro atoms. The van der Waals surface area contributed by atoms with Crippen LogP contribution in [0.25, 0.3) is 11.1 Å². The maximum absolute atomic E-state index is 13.9. The Morgan fingerprint density at radius 3 is 2.27 bits per heavy atom. The molecule has 0 bridgehead atoms. The van der Waals surface area contributed by atoms with Crippen molar-refractivity contribution in [1.29, 1.82) is 0 Å². The molecule has 5 nitrogen and oxygen atoms in total. The highest BCUT2D eigenvalue weighted by atomic mass is 19.1. The second-order valence-electron chi connectivity index (χ2n) is 5.03. The molecule has 0 saturated carbocycles. The first-order valence-electron chi connectivity index (χ1n) is 8.41. The molecular formula is C19H24F2N3O2+.